The Labute approximate surface area is 203 Å². The third kappa shape index (κ3) is 5.37. The SMILES string of the molecule is Cc1nc(S(=O)(=O)N2CCC(C(=O)N3CCN(Cc4ccc(C(C)C)cc4)CC3)CC2)cn1C. The van der Waals surface area contributed by atoms with Gasteiger partial charge in [-0.3, -0.25) is 9.69 Å². The average Bonchev–Trinajstić information content (AvgIpc) is 3.18. The zero-order valence-corrected chi connectivity index (χ0v) is 21.6. The van der Waals surface area contributed by atoms with Crippen LogP contribution in [0, 0.1) is 12.8 Å². The van der Waals surface area contributed by atoms with Crippen LogP contribution in [0.5, 0.6) is 0 Å². The highest BCUT2D eigenvalue weighted by molar-refractivity contribution is 7.89. The molecule has 0 spiro atoms. The highest BCUT2D eigenvalue weighted by Crippen LogP contribution is 2.25. The third-order valence-corrected chi connectivity index (χ3v) is 9.00. The van der Waals surface area contributed by atoms with Crippen molar-refractivity contribution in [2.75, 3.05) is 39.3 Å². The smallest absolute Gasteiger partial charge is 0.262 e. The summed E-state index contributed by atoms with van der Waals surface area (Å²) in [6.45, 7) is 11.0. The summed E-state index contributed by atoms with van der Waals surface area (Å²) in [7, 11) is -1.83. The first-order chi connectivity index (χ1) is 16.1. The van der Waals surface area contributed by atoms with Gasteiger partial charge >= 0.3 is 0 Å². The van der Waals surface area contributed by atoms with Gasteiger partial charge in [-0.2, -0.15) is 4.31 Å². The molecule has 0 radical (unpaired) electrons. The summed E-state index contributed by atoms with van der Waals surface area (Å²) in [6.07, 6.45) is 2.68. The molecule has 2 saturated heterocycles. The molecule has 0 unspecified atom stereocenters. The van der Waals surface area contributed by atoms with Crippen LogP contribution in [0.1, 0.15) is 49.6 Å². The van der Waals surface area contributed by atoms with Gasteiger partial charge in [0.15, 0.2) is 5.03 Å². The lowest BCUT2D eigenvalue weighted by Gasteiger charge is -2.38. The maximum absolute atomic E-state index is 13.1. The summed E-state index contributed by atoms with van der Waals surface area (Å²) < 4.78 is 29.0. The number of carbonyl (C=O) groups is 1. The predicted molar refractivity (Wildman–Crippen MR) is 132 cm³/mol. The second-order valence-corrected chi connectivity index (χ2v) is 11.8. The zero-order valence-electron chi connectivity index (χ0n) is 20.8. The number of carbonyl (C=O) groups excluding carboxylic acids is 1. The zero-order chi connectivity index (χ0) is 24.5. The number of benzene rings is 1. The van der Waals surface area contributed by atoms with E-state index in [2.05, 4.69) is 48.0 Å². The van der Waals surface area contributed by atoms with Crippen LogP contribution in [0.25, 0.3) is 0 Å². The van der Waals surface area contributed by atoms with Gasteiger partial charge in [-0.25, -0.2) is 13.4 Å². The number of aromatic nitrogens is 2. The van der Waals surface area contributed by atoms with Crippen molar-refractivity contribution in [3.05, 3.63) is 47.4 Å². The molecule has 0 saturated carbocycles. The van der Waals surface area contributed by atoms with Gasteiger partial charge in [-0.05, 0) is 36.8 Å². The number of rotatable bonds is 6. The van der Waals surface area contributed by atoms with Crippen molar-refractivity contribution in [2.24, 2.45) is 13.0 Å². The van der Waals surface area contributed by atoms with Crippen molar-refractivity contribution >= 4 is 15.9 Å². The molecule has 2 aliphatic rings. The third-order valence-electron chi connectivity index (χ3n) is 7.23. The average molecular weight is 488 g/mol. The maximum atomic E-state index is 13.1. The van der Waals surface area contributed by atoms with Crippen LogP contribution < -0.4 is 0 Å². The lowest BCUT2D eigenvalue weighted by molar-refractivity contribution is -0.138. The van der Waals surface area contributed by atoms with E-state index < -0.39 is 10.0 Å². The molecule has 1 aromatic carbocycles. The number of amides is 1. The molecular weight excluding hydrogens is 450 g/mol. The molecule has 1 amide bonds. The van der Waals surface area contributed by atoms with Crippen molar-refractivity contribution in [1.29, 1.82) is 0 Å². The molecule has 0 N–H and O–H groups in total. The van der Waals surface area contributed by atoms with E-state index in [0.717, 1.165) is 32.7 Å². The first kappa shape index (κ1) is 24.9. The predicted octanol–water partition coefficient (Wildman–Crippen LogP) is 2.60. The molecule has 2 aromatic rings. The second-order valence-electron chi connectivity index (χ2n) is 9.91. The van der Waals surface area contributed by atoms with Crippen LogP contribution in [-0.2, 0) is 28.4 Å². The van der Waals surface area contributed by atoms with E-state index in [0.29, 0.717) is 37.7 Å². The van der Waals surface area contributed by atoms with Crippen molar-refractivity contribution in [2.45, 2.75) is 51.1 Å². The molecule has 0 aliphatic carbocycles. The quantitative estimate of drug-likeness (QED) is 0.626. The molecule has 9 heteroatoms. The molecule has 1 aromatic heterocycles. The fourth-order valence-electron chi connectivity index (χ4n) is 4.78. The summed E-state index contributed by atoms with van der Waals surface area (Å²) in [4.78, 5) is 21.7. The highest BCUT2D eigenvalue weighted by Gasteiger charge is 2.35. The minimum absolute atomic E-state index is 0.0900. The van der Waals surface area contributed by atoms with E-state index in [9.17, 15) is 13.2 Å². The van der Waals surface area contributed by atoms with Crippen LogP contribution >= 0.6 is 0 Å². The highest BCUT2D eigenvalue weighted by atomic mass is 32.2. The molecular formula is C25H37N5O3S. The van der Waals surface area contributed by atoms with E-state index >= 15 is 0 Å². The summed E-state index contributed by atoms with van der Waals surface area (Å²) in [5.41, 5.74) is 2.66. The Morgan fingerprint density at radius 1 is 1.03 bits per heavy atom. The molecule has 0 atom stereocenters. The Morgan fingerprint density at radius 2 is 1.65 bits per heavy atom. The molecule has 3 heterocycles. The number of piperidine rings is 1. The molecule has 8 nitrogen and oxygen atoms in total. The Morgan fingerprint density at radius 3 is 2.18 bits per heavy atom. The summed E-state index contributed by atoms with van der Waals surface area (Å²) in [5.74, 6) is 1.27. The molecule has 2 fully saturated rings. The van der Waals surface area contributed by atoms with Gasteiger partial charge in [0.2, 0.25) is 5.91 Å². The van der Waals surface area contributed by atoms with Crippen molar-refractivity contribution in [3.63, 3.8) is 0 Å². The summed E-state index contributed by atoms with van der Waals surface area (Å²) in [5, 5.41) is 0.0900. The lowest BCUT2D eigenvalue weighted by Crippen LogP contribution is -2.51. The summed E-state index contributed by atoms with van der Waals surface area (Å²) >= 11 is 0. The Hall–Kier alpha value is -2.23. The van der Waals surface area contributed by atoms with Gasteiger partial charge in [-0.1, -0.05) is 38.1 Å². The molecule has 4 rings (SSSR count). The molecule has 34 heavy (non-hydrogen) atoms. The van der Waals surface area contributed by atoms with E-state index in [4.69, 9.17) is 0 Å². The van der Waals surface area contributed by atoms with Gasteiger partial charge in [0.25, 0.3) is 10.0 Å². The number of hydrogen-bond donors (Lipinski definition) is 0. The Kier molecular flexibility index (Phi) is 7.45. The van der Waals surface area contributed by atoms with Gasteiger partial charge in [0, 0.05) is 65.0 Å². The molecule has 0 bridgehead atoms. The Bertz CT molecular complexity index is 1070. The van der Waals surface area contributed by atoms with Crippen LogP contribution in [0.4, 0.5) is 0 Å². The van der Waals surface area contributed by atoms with E-state index in [1.54, 1.807) is 24.7 Å². The van der Waals surface area contributed by atoms with Crippen LogP contribution in [0.2, 0.25) is 0 Å². The van der Waals surface area contributed by atoms with Crippen molar-refractivity contribution in [1.82, 2.24) is 23.7 Å². The van der Waals surface area contributed by atoms with Crippen LogP contribution in [-0.4, -0.2) is 77.2 Å². The van der Waals surface area contributed by atoms with Crippen molar-refractivity contribution in [3.8, 4) is 0 Å². The Balaban J connectivity index is 1.25. The van der Waals surface area contributed by atoms with Crippen molar-refractivity contribution < 1.29 is 13.2 Å². The standard InChI is InChI=1S/C25H37N5O3S/c1-19(2)22-7-5-21(6-8-22)17-28-13-15-29(16-14-28)25(31)23-9-11-30(12-10-23)34(32,33)24-18-27(4)20(3)26-24/h5-8,18-19,23H,9-17H2,1-4H3. The largest absolute Gasteiger partial charge is 0.340 e. The van der Waals surface area contributed by atoms with Gasteiger partial charge in [-0.15, -0.1) is 0 Å². The number of sulfonamides is 1. The lowest BCUT2D eigenvalue weighted by atomic mass is 9.96. The van der Waals surface area contributed by atoms with E-state index in [1.165, 1.54) is 15.4 Å². The van der Waals surface area contributed by atoms with E-state index in [-0.39, 0.29) is 16.9 Å². The number of aryl methyl sites for hydroxylation is 2. The monoisotopic (exact) mass is 487 g/mol. The number of piperazine rings is 1. The number of nitrogens with zero attached hydrogens (tertiary/aromatic N) is 5. The minimum Gasteiger partial charge on any atom is -0.340 e. The fraction of sp³-hybridized carbons (Fsp3) is 0.600. The summed E-state index contributed by atoms with van der Waals surface area (Å²) in [6, 6.07) is 8.84. The first-order valence-electron chi connectivity index (χ1n) is 12.2. The first-order valence-corrected chi connectivity index (χ1v) is 13.7. The fourth-order valence-corrected chi connectivity index (χ4v) is 6.27. The van der Waals surface area contributed by atoms with Gasteiger partial charge < -0.3 is 9.47 Å². The second kappa shape index (κ2) is 10.2. The number of hydrogen-bond acceptors (Lipinski definition) is 5. The van der Waals surface area contributed by atoms with Crippen LogP contribution in [0.3, 0.4) is 0 Å². The van der Waals surface area contributed by atoms with Crippen LogP contribution in [0.15, 0.2) is 35.5 Å². The number of imidazole rings is 1. The molecule has 2 aliphatic heterocycles. The maximum Gasteiger partial charge on any atom is 0.262 e. The van der Waals surface area contributed by atoms with Gasteiger partial charge in [0.1, 0.15) is 5.82 Å². The van der Waals surface area contributed by atoms with E-state index in [1.807, 2.05) is 4.90 Å². The minimum atomic E-state index is -3.61. The van der Waals surface area contributed by atoms with Gasteiger partial charge in [0.05, 0.1) is 0 Å². The topological polar surface area (TPSA) is 78.8 Å². The normalized spacial score (nSPS) is 19.1. The molecule has 186 valence electrons.